The van der Waals surface area contributed by atoms with Gasteiger partial charge in [-0.15, -0.1) is 0 Å². The number of carbonyl (C=O) groups is 1. The van der Waals surface area contributed by atoms with Crippen molar-refractivity contribution >= 4 is 5.97 Å². The normalized spacial score (nSPS) is 10.3. The number of hydrogen-bond donors (Lipinski definition) is 1. The van der Waals surface area contributed by atoms with Crippen molar-refractivity contribution in [1.82, 2.24) is 4.57 Å². The monoisotopic (exact) mass is 243 g/mol. The third kappa shape index (κ3) is 2.05. The van der Waals surface area contributed by atoms with Gasteiger partial charge in [0, 0.05) is 6.20 Å². The Morgan fingerprint density at radius 2 is 1.94 bits per heavy atom. The molecular formula is C14H13NO3. The lowest BCUT2D eigenvalue weighted by atomic mass is 10.1. The first-order chi connectivity index (χ1) is 8.50. The van der Waals surface area contributed by atoms with E-state index < -0.39 is 11.5 Å². The van der Waals surface area contributed by atoms with E-state index in [4.69, 9.17) is 5.11 Å². The summed E-state index contributed by atoms with van der Waals surface area (Å²) in [5.74, 6) is -1.21. The van der Waals surface area contributed by atoms with E-state index in [1.165, 1.54) is 10.6 Å². The summed E-state index contributed by atoms with van der Waals surface area (Å²) in [7, 11) is 0. The van der Waals surface area contributed by atoms with Gasteiger partial charge in [-0.2, -0.15) is 0 Å². The van der Waals surface area contributed by atoms with Crippen molar-refractivity contribution in [2.45, 2.75) is 13.8 Å². The summed E-state index contributed by atoms with van der Waals surface area (Å²) in [5, 5.41) is 8.94. The number of pyridine rings is 1. The van der Waals surface area contributed by atoms with Crippen molar-refractivity contribution in [2.75, 3.05) is 0 Å². The highest BCUT2D eigenvalue weighted by Gasteiger charge is 2.11. The number of aryl methyl sites for hydroxylation is 2. The first kappa shape index (κ1) is 12.1. The summed E-state index contributed by atoms with van der Waals surface area (Å²) in [5.41, 5.74) is 1.99. The average molecular weight is 243 g/mol. The molecule has 1 aromatic heterocycles. The predicted molar refractivity (Wildman–Crippen MR) is 68.5 cm³/mol. The molecule has 0 aliphatic rings. The molecule has 0 bridgehead atoms. The summed E-state index contributed by atoms with van der Waals surface area (Å²) in [6.45, 7) is 3.86. The summed E-state index contributed by atoms with van der Waals surface area (Å²) >= 11 is 0. The van der Waals surface area contributed by atoms with Crippen molar-refractivity contribution in [2.24, 2.45) is 0 Å². The summed E-state index contributed by atoms with van der Waals surface area (Å²) in [6.07, 6.45) is 1.58. The summed E-state index contributed by atoms with van der Waals surface area (Å²) in [6, 6.07) is 8.53. The van der Waals surface area contributed by atoms with Gasteiger partial charge in [-0.05, 0) is 37.6 Å². The van der Waals surface area contributed by atoms with E-state index in [1.807, 2.05) is 32.0 Å². The van der Waals surface area contributed by atoms with Gasteiger partial charge in [-0.1, -0.05) is 17.7 Å². The Morgan fingerprint density at radius 3 is 2.56 bits per heavy atom. The van der Waals surface area contributed by atoms with Crippen LogP contribution in [0.1, 0.15) is 21.5 Å². The predicted octanol–water partition coefficient (Wildman–Crippen LogP) is 2.15. The van der Waals surface area contributed by atoms with Crippen LogP contribution in [0.4, 0.5) is 0 Å². The lowest BCUT2D eigenvalue weighted by molar-refractivity contribution is 0.0694. The fourth-order valence-electron chi connectivity index (χ4n) is 1.92. The lowest BCUT2D eigenvalue weighted by Crippen LogP contribution is -2.24. The van der Waals surface area contributed by atoms with Gasteiger partial charge in [0.1, 0.15) is 5.56 Å². The molecule has 1 N–H and O–H groups in total. The van der Waals surface area contributed by atoms with Crippen LogP contribution in [0.5, 0.6) is 0 Å². The number of hydrogen-bond acceptors (Lipinski definition) is 2. The molecule has 0 saturated carbocycles. The van der Waals surface area contributed by atoms with Gasteiger partial charge in [-0.25, -0.2) is 4.79 Å². The third-order valence-electron chi connectivity index (χ3n) is 2.79. The van der Waals surface area contributed by atoms with Crippen LogP contribution >= 0.6 is 0 Å². The molecule has 0 saturated heterocycles. The van der Waals surface area contributed by atoms with Crippen LogP contribution in [0.2, 0.25) is 0 Å². The molecule has 0 aliphatic heterocycles. The fraction of sp³-hybridized carbons (Fsp3) is 0.143. The van der Waals surface area contributed by atoms with Crippen LogP contribution in [0, 0.1) is 13.8 Å². The second-order valence-electron chi connectivity index (χ2n) is 4.19. The second-order valence-corrected chi connectivity index (χ2v) is 4.19. The minimum Gasteiger partial charge on any atom is -0.477 e. The fourth-order valence-corrected chi connectivity index (χ4v) is 1.92. The Labute approximate surface area is 104 Å². The first-order valence-electron chi connectivity index (χ1n) is 5.53. The summed E-state index contributed by atoms with van der Waals surface area (Å²) in [4.78, 5) is 23.0. The Morgan fingerprint density at radius 1 is 1.22 bits per heavy atom. The van der Waals surface area contributed by atoms with E-state index in [0.717, 1.165) is 11.1 Å². The molecule has 0 amide bonds. The maximum Gasteiger partial charge on any atom is 0.341 e. The maximum absolute atomic E-state index is 12.0. The van der Waals surface area contributed by atoms with Gasteiger partial charge in [0.15, 0.2) is 0 Å². The molecule has 1 heterocycles. The minimum absolute atomic E-state index is 0.225. The van der Waals surface area contributed by atoms with Crippen molar-refractivity contribution < 1.29 is 9.90 Å². The van der Waals surface area contributed by atoms with Crippen LogP contribution in [-0.4, -0.2) is 15.6 Å². The number of carboxylic acid groups (broad SMARTS) is 1. The molecule has 0 fully saturated rings. The Bertz CT molecular complexity index is 671. The molecule has 92 valence electrons. The number of nitrogens with zero attached hydrogens (tertiary/aromatic N) is 1. The van der Waals surface area contributed by atoms with E-state index in [-0.39, 0.29) is 5.56 Å². The molecule has 0 aliphatic carbocycles. The third-order valence-corrected chi connectivity index (χ3v) is 2.79. The van der Waals surface area contributed by atoms with Crippen molar-refractivity contribution in [3.63, 3.8) is 0 Å². The zero-order chi connectivity index (χ0) is 13.3. The van der Waals surface area contributed by atoms with E-state index in [1.54, 1.807) is 12.3 Å². The first-order valence-corrected chi connectivity index (χ1v) is 5.53. The molecule has 0 atom stereocenters. The molecule has 4 nitrogen and oxygen atoms in total. The van der Waals surface area contributed by atoms with E-state index >= 15 is 0 Å². The maximum atomic E-state index is 12.0. The molecule has 18 heavy (non-hydrogen) atoms. The standard InChI is InChI=1S/C14H13NO3/c1-9-5-6-12(10(2)8-9)15-7-3-4-11(13(15)16)14(17)18/h3-8H,1-2H3,(H,17,18). The topological polar surface area (TPSA) is 59.3 Å². The zero-order valence-electron chi connectivity index (χ0n) is 10.2. The molecule has 0 spiro atoms. The average Bonchev–Trinajstić information content (AvgIpc) is 2.30. The van der Waals surface area contributed by atoms with Crippen LogP contribution in [0.15, 0.2) is 41.3 Å². The highest BCUT2D eigenvalue weighted by molar-refractivity contribution is 5.87. The zero-order valence-corrected chi connectivity index (χ0v) is 10.2. The summed E-state index contributed by atoms with van der Waals surface area (Å²) < 4.78 is 1.36. The van der Waals surface area contributed by atoms with Crippen molar-refractivity contribution in [1.29, 1.82) is 0 Å². The highest BCUT2D eigenvalue weighted by atomic mass is 16.4. The molecule has 0 radical (unpaired) electrons. The lowest BCUT2D eigenvalue weighted by Gasteiger charge is -2.10. The van der Waals surface area contributed by atoms with E-state index in [0.29, 0.717) is 5.69 Å². The van der Waals surface area contributed by atoms with Crippen molar-refractivity contribution in [3.05, 3.63) is 63.6 Å². The number of aromatic carboxylic acids is 1. The molecule has 1 aromatic carbocycles. The molecule has 2 aromatic rings. The van der Waals surface area contributed by atoms with Crippen molar-refractivity contribution in [3.8, 4) is 5.69 Å². The highest BCUT2D eigenvalue weighted by Crippen LogP contribution is 2.14. The largest absolute Gasteiger partial charge is 0.477 e. The van der Waals surface area contributed by atoms with E-state index in [9.17, 15) is 9.59 Å². The minimum atomic E-state index is -1.21. The van der Waals surface area contributed by atoms with Crippen LogP contribution in [0.3, 0.4) is 0 Å². The molecule has 0 unspecified atom stereocenters. The number of aromatic nitrogens is 1. The Balaban J connectivity index is 2.69. The van der Waals surface area contributed by atoms with Crippen LogP contribution < -0.4 is 5.56 Å². The molecule has 2 rings (SSSR count). The van der Waals surface area contributed by atoms with Crippen LogP contribution in [0.25, 0.3) is 5.69 Å². The van der Waals surface area contributed by atoms with Gasteiger partial charge in [0.25, 0.3) is 5.56 Å². The van der Waals surface area contributed by atoms with Crippen LogP contribution in [-0.2, 0) is 0 Å². The van der Waals surface area contributed by atoms with E-state index in [2.05, 4.69) is 0 Å². The Hall–Kier alpha value is -2.36. The molecule has 4 heteroatoms. The molecular weight excluding hydrogens is 230 g/mol. The number of rotatable bonds is 2. The SMILES string of the molecule is Cc1ccc(-n2cccc(C(=O)O)c2=O)c(C)c1. The number of benzene rings is 1. The van der Waals surface area contributed by atoms with Gasteiger partial charge in [0.2, 0.25) is 0 Å². The van der Waals surface area contributed by atoms with Gasteiger partial charge >= 0.3 is 5.97 Å². The smallest absolute Gasteiger partial charge is 0.341 e. The quantitative estimate of drug-likeness (QED) is 0.879. The van der Waals surface area contributed by atoms with Gasteiger partial charge in [0.05, 0.1) is 5.69 Å². The second kappa shape index (κ2) is 4.49. The Kier molecular flexibility index (Phi) is 3.02. The van der Waals surface area contributed by atoms with Gasteiger partial charge < -0.3 is 5.11 Å². The number of carboxylic acids is 1. The van der Waals surface area contributed by atoms with Gasteiger partial charge in [-0.3, -0.25) is 9.36 Å².